The van der Waals surface area contributed by atoms with Gasteiger partial charge in [0.15, 0.2) is 23.5 Å². The molecule has 3 amide bonds. The van der Waals surface area contributed by atoms with E-state index < -0.39 is 84.9 Å². The summed E-state index contributed by atoms with van der Waals surface area (Å²) in [6, 6.07) is 6.48. The van der Waals surface area contributed by atoms with Crippen molar-refractivity contribution in [3.05, 3.63) is 59.2 Å². The van der Waals surface area contributed by atoms with Gasteiger partial charge in [-0.3, -0.25) is 33.3 Å². The van der Waals surface area contributed by atoms with Crippen LogP contribution < -0.4 is 16.0 Å². The molecule has 0 unspecified atom stereocenters. The van der Waals surface area contributed by atoms with Gasteiger partial charge < -0.3 is 45.4 Å². The number of benzene rings is 1. The molecule has 0 radical (unpaired) electrons. The summed E-state index contributed by atoms with van der Waals surface area (Å²) in [4.78, 5) is 94.1. The van der Waals surface area contributed by atoms with Crippen molar-refractivity contribution in [2.24, 2.45) is 34.5 Å². The largest absolute Gasteiger partial charge is 0.481 e. The average Bonchev–Trinajstić information content (AvgIpc) is 3.74. The summed E-state index contributed by atoms with van der Waals surface area (Å²) in [6.07, 6.45) is 7.80. The number of alkyl halides is 1. The standard InChI is InChI=1S/C44H57BrN3O14P/c1-42-16-15-29(49)18-27(42)9-12-30-31-19-35-44(34(51)23-60-63(57,58)59,43(31,2)20-33(50)39(30)42)62-41(61-35)26-7-3-24(4-8-26)17-25-5-10-28(11-6-25)47-40(56)32(13-14-38(54)55)48-37(53)22-46-36(52)21-45/h3-4,7-8,15-16,18,25,28,30-33,35,39,41,50H,5-6,9-14,17,19-23H2,1-2H3,(H,46,52)(H,47,56)(H,48,53)(H,54,55)(H2,57,58,59)/t25?,28?,30-,31-,32-,33-,35+,39+,41+,42-,43-,44+/m0/s1. The molecule has 10 atom stereocenters. The molecule has 344 valence electrons. The maximum atomic E-state index is 14.4. The van der Waals surface area contributed by atoms with Crippen molar-refractivity contribution in [3.63, 3.8) is 0 Å². The number of amides is 3. The quantitative estimate of drug-likeness (QED) is 0.0925. The van der Waals surface area contributed by atoms with Crippen LogP contribution in [-0.2, 0) is 53.8 Å². The molecular weight excluding hydrogens is 905 g/mol. The van der Waals surface area contributed by atoms with Crippen molar-refractivity contribution in [2.75, 3.05) is 18.5 Å². The van der Waals surface area contributed by atoms with Crippen LogP contribution in [0.1, 0.15) is 95.5 Å². The van der Waals surface area contributed by atoms with Crippen LogP contribution >= 0.6 is 23.8 Å². The third-order valence-corrected chi connectivity index (χ3v) is 15.8. The summed E-state index contributed by atoms with van der Waals surface area (Å²) >= 11 is 3.00. The number of aliphatic hydroxyl groups is 1. The lowest BCUT2D eigenvalue weighted by molar-refractivity contribution is -0.200. The summed E-state index contributed by atoms with van der Waals surface area (Å²) in [5.74, 6) is -3.41. The number of aliphatic hydroxyl groups excluding tert-OH is 1. The fraction of sp³-hybridized carbons (Fsp3) is 0.636. The molecular formula is C44H57BrN3O14P. The van der Waals surface area contributed by atoms with Gasteiger partial charge in [-0.05, 0) is 99.7 Å². The minimum Gasteiger partial charge on any atom is -0.481 e. The molecule has 1 aliphatic heterocycles. The van der Waals surface area contributed by atoms with Gasteiger partial charge in [0.2, 0.25) is 17.7 Å². The zero-order valence-electron chi connectivity index (χ0n) is 35.3. The second kappa shape index (κ2) is 18.7. The number of phosphoric acid groups is 1. The molecule has 5 aliphatic carbocycles. The third-order valence-electron chi connectivity index (χ3n) is 14.9. The van der Waals surface area contributed by atoms with E-state index in [1.807, 2.05) is 37.3 Å². The lowest BCUT2D eigenvalue weighted by Crippen LogP contribution is -2.63. The first kappa shape index (κ1) is 47.4. The molecule has 1 aromatic carbocycles. The zero-order valence-corrected chi connectivity index (χ0v) is 37.8. The minimum absolute atomic E-state index is 0.00823. The molecule has 5 fully saturated rings. The average molecular weight is 963 g/mol. The molecule has 7 N–H and O–H groups in total. The molecule has 1 saturated heterocycles. The van der Waals surface area contributed by atoms with E-state index in [1.54, 1.807) is 12.2 Å². The van der Waals surface area contributed by atoms with E-state index in [2.05, 4.69) is 38.8 Å². The first-order valence-corrected chi connectivity index (χ1v) is 24.3. The fourth-order valence-corrected chi connectivity index (χ4v) is 12.4. The van der Waals surface area contributed by atoms with Crippen molar-refractivity contribution in [2.45, 2.75) is 121 Å². The van der Waals surface area contributed by atoms with Crippen LogP contribution in [0.25, 0.3) is 0 Å². The molecule has 6 aliphatic rings. The molecule has 1 aromatic rings. The molecule has 0 aromatic heterocycles. The van der Waals surface area contributed by atoms with Crippen LogP contribution in [0.5, 0.6) is 0 Å². The zero-order chi connectivity index (χ0) is 45.5. The van der Waals surface area contributed by atoms with Gasteiger partial charge in [0.1, 0.15) is 12.6 Å². The van der Waals surface area contributed by atoms with Crippen molar-refractivity contribution in [1.82, 2.24) is 16.0 Å². The summed E-state index contributed by atoms with van der Waals surface area (Å²) in [6.45, 7) is 2.73. The van der Waals surface area contributed by atoms with Crippen LogP contribution in [0.4, 0.5) is 0 Å². The highest BCUT2D eigenvalue weighted by Crippen LogP contribution is 2.70. The van der Waals surface area contributed by atoms with E-state index in [0.29, 0.717) is 43.6 Å². The highest BCUT2D eigenvalue weighted by Gasteiger charge is 2.76. The van der Waals surface area contributed by atoms with Crippen molar-refractivity contribution in [3.8, 4) is 0 Å². The Morgan fingerprint density at radius 2 is 1.75 bits per heavy atom. The maximum absolute atomic E-state index is 14.4. The number of aliphatic carboxylic acids is 1. The highest BCUT2D eigenvalue weighted by molar-refractivity contribution is 9.09. The Balaban J connectivity index is 0.990. The monoisotopic (exact) mass is 961 g/mol. The Hall–Kier alpha value is -3.61. The minimum atomic E-state index is -5.02. The summed E-state index contributed by atoms with van der Waals surface area (Å²) in [7, 11) is -5.02. The number of carbonyl (C=O) groups excluding carboxylic acids is 5. The number of hydrogen-bond donors (Lipinski definition) is 7. The third kappa shape index (κ3) is 9.69. The topological polar surface area (TPSA) is 264 Å². The van der Waals surface area contributed by atoms with E-state index in [-0.39, 0.29) is 60.7 Å². The van der Waals surface area contributed by atoms with Gasteiger partial charge in [-0.1, -0.05) is 65.7 Å². The van der Waals surface area contributed by atoms with E-state index in [0.717, 1.165) is 30.4 Å². The van der Waals surface area contributed by atoms with Crippen molar-refractivity contribution >= 4 is 59.0 Å². The number of allylic oxidation sites excluding steroid dienone is 4. The predicted octanol–water partition coefficient (Wildman–Crippen LogP) is 3.48. The molecule has 4 saturated carbocycles. The normalized spacial score (nSPS) is 35.0. The smallest absolute Gasteiger partial charge is 0.470 e. The lowest BCUT2D eigenvalue weighted by atomic mass is 9.46. The second-order valence-corrected chi connectivity index (χ2v) is 20.4. The Labute approximate surface area is 373 Å². The van der Waals surface area contributed by atoms with Gasteiger partial charge >= 0.3 is 13.8 Å². The number of carboxylic acid groups (broad SMARTS) is 1. The molecule has 17 nitrogen and oxygen atoms in total. The van der Waals surface area contributed by atoms with Crippen LogP contribution in [0.3, 0.4) is 0 Å². The Bertz CT molecular complexity index is 2090. The van der Waals surface area contributed by atoms with E-state index in [4.69, 9.17) is 14.0 Å². The van der Waals surface area contributed by atoms with Crippen molar-refractivity contribution < 1.29 is 67.3 Å². The van der Waals surface area contributed by atoms with E-state index in [1.165, 1.54) is 0 Å². The van der Waals surface area contributed by atoms with Gasteiger partial charge in [-0.25, -0.2) is 4.57 Å². The highest BCUT2D eigenvalue weighted by atomic mass is 79.9. The van der Waals surface area contributed by atoms with E-state index in [9.17, 15) is 53.3 Å². The summed E-state index contributed by atoms with van der Waals surface area (Å²) in [5, 5.41) is 29.1. The van der Waals surface area contributed by atoms with Crippen LogP contribution in [0.15, 0.2) is 48.1 Å². The second-order valence-electron chi connectivity index (χ2n) is 18.6. The Morgan fingerprint density at radius 3 is 2.41 bits per heavy atom. The van der Waals surface area contributed by atoms with Crippen LogP contribution in [-0.4, -0.2) is 104 Å². The SMILES string of the molecule is C[C@]12C=CC(=O)C=C1CC[C@@H]1[C@@H]2[C@@H](O)C[C@@]2(C)[C@H]1C[C@H]1O[C@@H](c3ccc(CC4CCC(NC(=O)[C@H](CCC(=O)O)NC(=O)CNC(=O)CBr)CC4)cc3)O[C@]12C(=O)COP(=O)(O)O. The van der Waals surface area contributed by atoms with Crippen LogP contribution in [0.2, 0.25) is 0 Å². The van der Waals surface area contributed by atoms with Gasteiger partial charge in [0.25, 0.3) is 0 Å². The molecule has 7 rings (SSSR count). The number of ketones is 2. The number of nitrogens with one attached hydrogen (secondary N) is 3. The number of carbonyl (C=O) groups is 6. The Kier molecular flexibility index (Phi) is 14.1. The summed E-state index contributed by atoms with van der Waals surface area (Å²) in [5.41, 5.74) is -0.487. The summed E-state index contributed by atoms with van der Waals surface area (Å²) < 4.78 is 30.0. The van der Waals surface area contributed by atoms with Crippen LogP contribution in [0, 0.1) is 34.5 Å². The molecule has 1 heterocycles. The molecule has 63 heavy (non-hydrogen) atoms. The molecule has 0 spiro atoms. The Morgan fingerprint density at radius 1 is 1.03 bits per heavy atom. The fourth-order valence-electron chi connectivity index (χ4n) is 11.9. The lowest BCUT2D eigenvalue weighted by Gasteiger charge is -2.59. The first-order valence-electron chi connectivity index (χ1n) is 21.7. The van der Waals surface area contributed by atoms with Gasteiger partial charge in [-0.15, -0.1) is 0 Å². The number of ether oxygens (including phenoxy) is 2. The first-order chi connectivity index (χ1) is 29.8. The molecule has 19 heteroatoms. The predicted molar refractivity (Wildman–Crippen MR) is 227 cm³/mol. The van der Waals surface area contributed by atoms with Gasteiger partial charge in [0.05, 0.1) is 24.1 Å². The number of Topliss-reactive ketones (excluding diaryl/α,β-unsaturated/α-hetero) is 1. The maximum Gasteiger partial charge on any atom is 0.470 e. The van der Waals surface area contributed by atoms with Crippen molar-refractivity contribution in [1.29, 1.82) is 0 Å². The molecule has 0 bridgehead atoms. The van der Waals surface area contributed by atoms with Gasteiger partial charge in [0, 0.05) is 34.8 Å². The number of halogens is 1. The van der Waals surface area contributed by atoms with E-state index >= 15 is 0 Å². The number of hydrogen-bond acceptors (Lipinski definition) is 11. The number of fused-ring (bicyclic) bond motifs is 7. The number of phosphoric ester groups is 1. The number of carboxylic acids is 1. The number of rotatable bonds is 16. The van der Waals surface area contributed by atoms with Gasteiger partial charge in [-0.2, -0.15) is 0 Å².